The molecular formula is C29H24Cl2N2O3S2. The van der Waals surface area contributed by atoms with E-state index in [1.807, 2.05) is 78.1 Å². The normalized spacial score (nSPS) is 13.7. The molecule has 4 aromatic carbocycles. The van der Waals surface area contributed by atoms with Gasteiger partial charge in [-0.1, -0.05) is 71.7 Å². The third-order valence-corrected chi connectivity index (χ3v) is 9.55. The number of nitrogens with zero attached hydrogens (tertiary/aromatic N) is 1. The van der Waals surface area contributed by atoms with Crippen LogP contribution in [0.15, 0.2) is 84.0 Å². The molecule has 38 heavy (non-hydrogen) atoms. The number of amides is 1. The van der Waals surface area contributed by atoms with E-state index < -0.39 is 0 Å². The zero-order chi connectivity index (χ0) is 26.3. The van der Waals surface area contributed by atoms with Gasteiger partial charge in [-0.2, -0.15) is 5.10 Å². The summed E-state index contributed by atoms with van der Waals surface area (Å²) in [5, 5.41) is 7.25. The maximum Gasteiger partial charge on any atom is 0.277 e. The van der Waals surface area contributed by atoms with Crippen molar-refractivity contribution in [2.75, 3.05) is 18.1 Å². The van der Waals surface area contributed by atoms with Gasteiger partial charge in [-0.25, -0.2) is 5.43 Å². The molecule has 9 heteroatoms. The van der Waals surface area contributed by atoms with Crippen molar-refractivity contribution in [2.24, 2.45) is 5.10 Å². The smallest absolute Gasteiger partial charge is 0.277 e. The van der Waals surface area contributed by atoms with Gasteiger partial charge in [-0.15, -0.1) is 23.5 Å². The molecule has 1 aliphatic rings. The third kappa shape index (κ3) is 6.77. The molecule has 1 heterocycles. The topological polar surface area (TPSA) is 59.9 Å². The lowest BCUT2D eigenvalue weighted by Gasteiger charge is -2.13. The maximum absolute atomic E-state index is 12.4. The molecule has 1 aliphatic heterocycles. The first-order valence-corrected chi connectivity index (χ1v) is 14.8. The Morgan fingerprint density at radius 2 is 1.76 bits per heavy atom. The van der Waals surface area contributed by atoms with Crippen molar-refractivity contribution < 1.29 is 14.3 Å². The molecule has 1 saturated heterocycles. The van der Waals surface area contributed by atoms with Crippen LogP contribution in [-0.4, -0.2) is 30.2 Å². The SMILES string of the molecule is O=C(COc1ccc(C2SCCS2)cc1)N/N=C\c1c(OCc2ccc(Cl)cc2Cl)ccc2ccccc12. The van der Waals surface area contributed by atoms with Crippen LogP contribution in [-0.2, 0) is 11.4 Å². The number of carbonyl (C=O) groups is 1. The van der Waals surface area contributed by atoms with E-state index in [4.69, 9.17) is 32.7 Å². The van der Waals surface area contributed by atoms with Gasteiger partial charge in [0, 0.05) is 32.7 Å². The number of hydrazone groups is 1. The van der Waals surface area contributed by atoms with Crippen LogP contribution in [0.1, 0.15) is 21.3 Å². The van der Waals surface area contributed by atoms with Crippen molar-refractivity contribution in [2.45, 2.75) is 11.2 Å². The molecule has 194 valence electrons. The molecule has 1 N–H and O–H groups in total. The Balaban J connectivity index is 1.23. The second-order valence-corrected chi connectivity index (χ2v) is 12.0. The molecule has 0 spiro atoms. The van der Waals surface area contributed by atoms with E-state index in [1.54, 1.807) is 18.3 Å². The number of halogens is 2. The number of carbonyl (C=O) groups excluding carboxylic acids is 1. The summed E-state index contributed by atoms with van der Waals surface area (Å²) in [5.74, 6) is 3.26. The number of nitrogens with one attached hydrogen (secondary N) is 1. The Kier molecular flexibility index (Phi) is 9.02. The molecule has 0 atom stereocenters. The van der Waals surface area contributed by atoms with Crippen LogP contribution in [0.4, 0.5) is 0 Å². The minimum absolute atomic E-state index is 0.141. The van der Waals surface area contributed by atoms with Crippen LogP contribution in [0, 0.1) is 0 Å². The van der Waals surface area contributed by atoms with E-state index in [0.29, 0.717) is 26.1 Å². The van der Waals surface area contributed by atoms with Crippen molar-refractivity contribution in [3.05, 3.63) is 106 Å². The number of ether oxygens (including phenoxy) is 2. The van der Waals surface area contributed by atoms with Crippen molar-refractivity contribution in [1.29, 1.82) is 0 Å². The Labute approximate surface area is 239 Å². The van der Waals surface area contributed by atoms with Gasteiger partial charge in [0.15, 0.2) is 6.61 Å². The lowest BCUT2D eigenvalue weighted by Crippen LogP contribution is -2.24. The number of rotatable bonds is 9. The van der Waals surface area contributed by atoms with Crippen LogP contribution in [0.5, 0.6) is 11.5 Å². The summed E-state index contributed by atoms with van der Waals surface area (Å²) < 4.78 is 12.2. The fourth-order valence-electron chi connectivity index (χ4n) is 3.95. The summed E-state index contributed by atoms with van der Waals surface area (Å²) in [4.78, 5) is 12.4. The highest BCUT2D eigenvalue weighted by Crippen LogP contribution is 2.45. The fraction of sp³-hybridized carbons (Fsp3) is 0.172. The van der Waals surface area contributed by atoms with Gasteiger partial charge in [-0.3, -0.25) is 4.79 Å². The molecule has 0 saturated carbocycles. The quantitative estimate of drug-likeness (QED) is 0.161. The van der Waals surface area contributed by atoms with E-state index >= 15 is 0 Å². The number of fused-ring (bicyclic) bond motifs is 1. The Hall–Kier alpha value is -2.84. The highest BCUT2D eigenvalue weighted by molar-refractivity contribution is 8.19. The van der Waals surface area contributed by atoms with Gasteiger partial charge in [0.05, 0.1) is 10.8 Å². The minimum atomic E-state index is -0.358. The summed E-state index contributed by atoms with van der Waals surface area (Å²) >= 11 is 16.2. The first-order valence-electron chi connectivity index (χ1n) is 11.9. The van der Waals surface area contributed by atoms with Crippen LogP contribution in [0.2, 0.25) is 10.0 Å². The maximum atomic E-state index is 12.4. The van der Waals surface area contributed by atoms with Crippen LogP contribution in [0.25, 0.3) is 10.8 Å². The molecule has 0 unspecified atom stereocenters. The predicted octanol–water partition coefficient (Wildman–Crippen LogP) is 7.73. The zero-order valence-electron chi connectivity index (χ0n) is 20.2. The number of benzene rings is 4. The van der Waals surface area contributed by atoms with Gasteiger partial charge < -0.3 is 9.47 Å². The molecular weight excluding hydrogens is 559 g/mol. The van der Waals surface area contributed by atoms with Crippen LogP contribution in [0.3, 0.4) is 0 Å². The van der Waals surface area contributed by atoms with Gasteiger partial charge in [0.25, 0.3) is 5.91 Å². The number of hydrogen-bond acceptors (Lipinski definition) is 6. The van der Waals surface area contributed by atoms with Crippen molar-refractivity contribution in [1.82, 2.24) is 5.43 Å². The highest BCUT2D eigenvalue weighted by Gasteiger charge is 2.18. The Morgan fingerprint density at radius 3 is 2.55 bits per heavy atom. The third-order valence-electron chi connectivity index (χ3n) is 5.86. The summed E-state index contributed by atoms with van der Waals surface area (Å²) in [6, 6.07) is 25.0. The summed E-state index contributed by atoms with van der Waals surface area (Å²) in [7, 11) is 0. The van der Waals surface area contributed by atoms with E-state index in [-0.39, 0.29) is 19.1 Å². The first-order chi connectivity index (χ1) is 18.6. The van der Waals surface area contributed by atoms with Crippen molar-refractivity contribution >= 4 is 69.6 Å². The Bertz CT molecular complexity index is 1460. The number of thioether (sulfide) groups is 2. The minimum Gasteiger partial charge on any atom is -0.488 e. The highest BCUT2D eigenvalue weighted by atomic mass is 35.5. The summed E-state index contributed by atoms with van der Waals surface area (Å²) in [5.41, 5.74) is 5.37. The lowest BCUT2D eigenvalue weighted by atomic mass is 10.0. The summed E-state index contributed by atoms with van der Waals surface area (Å²) in [6.45, 7) is 0.115. The van der Waals surface area contributed by atoms with E-state index in [0.717, 1.165) is 21.9 Å². The molecule has 5 rings (SSSR count). The van der Waals surface area contributed by atoms with Crippen LogP contribution >= 0.6 is 46.7 Å². The average molecular weight is 584 g/mol. The zero-order valence-corrected chi connectivity index (χ0v) is 23.4. The second-order valence-electron chi connectivity index (χ2n) is 8.45. The van der Waals surface area contributed by atoms with E-state index in [9.17, 15) is 4.79 Å². The van der Waals surface area contributed by atoms with Crippen molar-refractivity contribution in [3.63, 3.8) is 0 Å². The van der Waals surface area contributed by atoms with Gasteiger partial charge in [0.2, 0.25) is 0 Å². The monoisotopic (exact) mass is 582 g/mol. The van der Waals surface area contributed by atoms with Gasteiger partial charge in [-0.05, 0) is 46.7 Å². The molecule has 0 radical (unpaired) electrons. The van der Waals surface area contributed by atoms with Gasteiger partial charge in [0.1, 0.15) is 18.1 Å². The standard InChI is InChI=1S/C29H24Cl2N2O3S2/c30-22-9-5-21(26(31)15-22)17-36-27-12-8-19-3-1-2-4-24(19)25(27)16-32-33-28(34)18-35-23-10-6-20(7-11-23)29-37-13-14-38-29/h1-12,15-16,29H,13-14,17-18H2,(H,33,34)/b32-16-. The molecule has 0 aliphatic carbocycles. The van der Waals surface area contributed by atoms with E-state index in [2.05, 4.69) is 22.7 Å². The molecule has 0 aromatic heterocycles. The van der Waals surface area contributed by atoms with Crippen LogP contribution < -0.4 is 14.9 Å². The number of hydrogen-bond donors (Lipinski definition) is 1. The Morgan fingerprint density at radius 1 is 0.974 bits per heavy atom. The predicted molar refractivity (Wildman–Crippen MR) is 160 cm³/mol. The average Bonchev–Trinajstić information content (AvgIpc) is 3.47. The molecule has 0 bridgehead atoms. The fourth-order valence-corrected chi connectivity index (χ4v) is 7.27. The summed E-state index contributed by atoms with van der Waals surface area (Å²) in [6.07, 6.45) is 1.59. The van der Waals surface area contributed by atoms with E-state index in [1.165, 1.54) is 17.1 Å². The molecule has 4 aromatic rings. The molecule has 1 amide bonds. The van der Waals surface area contributed by atoms with Crippen molar-refractivity contribution in [3.8, 4) is 11.5 Å². The largest absolute Gasteiger partial charge is 0.488 e. The molecule has 5 nitrogen and oxygen atoms in total. The first kappa shape index (κ1) is 26.8. The van der Waals surface area contributed by atoms with Gasteiger partial charge >= 0.3 is 0 Å². The second kappa shape index (κ2) is 12.8. The molecule has 1 fully saturated rings. The lowest BCUT2D eigenvalue weighted by molar-refractivity contribution is -0.123.